The third-order valence-electron chi connectivity index (χ3n) is 3.84. The van der Waals surface area contributed by atoms with Gasteiger partial charge in [-0.1, -0.05) is 24.3 Å². The number of nitrogens with two attached hydrogens (primary N) is 1. The van der Waals surface area contributed by atoms with Crippen molar-refractivity contribution in [3.05, 3.63) is 59.7 Å². The van der Waals surface area contributed by atoms with E-state index in [1.807, 2.05) is 61.5 Å². The average Bonchev–Trinajstić information content (AvgIpc) is 2.66. The molecule has 2 aromatic carbocycles. The molecule has 7 heteroatoms. The predicted molar refractivity (Wildman–Crippen MR) is 109 cm³/mol. The molecule has 0 aliphatic rings. The third kappa shape index (κ3) is 6.63. The van der Waals surface area contributed by atoms with Crippen molar-refractivity contribution < 1.29 is 9.53 Å². The number of anilines is 1. The summed E-state index contributed by atoms with van der Waals surface area (Å²) in [6.07, 6.45) is 0. The maximum absolute atomic E-state index is 12.2. The van der Waals surface area contributed by atoms with E-state index in [-0.39, 0.29) is 11.9 Å². The second-order valence-electron chi connectivity index (χ2n) is 6.29. The molecule has 4 N–H and O–H groups in total. The molecule has 0 saturated carbocycles. The van der Waals surface area contributed by atoms with Crippen molar-refractivity contribution in [1.29, 1.82) is 0 Å². The number of carbonyl (C=O) groups is 1. The van der Waals surface area contributed by atoms with E-state index in [9.17, 15) is 4.79 Å². The van der Waals surface area contributed by atoms with Gasteiger partial charge in [-0.15, -0.1) is 0 Å². The Morgan fingerprint density at radius 2 is 1.96 bits per heavy atom. The fourth-order valence-corrected chi connectivity index (χ4v) is 2.41. The van der Waals surface area contributed by atoms with Gasteiger partial charge in [-0.3, -0.25) is 4.79 Å². The number of aliphatic imine (C=N–C) groups is 1. The summed E-state index contributed by atoms with van der Waals surface area (Å²) in [6, 6.07) is 14.8. The van der Waals surface area contributed by atoms with Gasteiger partial charge in [0.25, 0.3) is 5.91 Å². The standard InChI is InChI=1S/C20H27N5O2/c1-25(2)12-11-22-19(26)16-8-6-7-15(13-16)14-23-20(21)24-17-9-4-5-10-18(17)27-3/h4-10,13H,11-12,14H2,1-3H3,(H,22,26)(H3,21,23,24). The summed E-state index contributed by atoms with van der Waals surface area (Å²) in [5.41, 5.74) is 8.23. The molecule has 0 radical (unpaired) electrons. The fourth-order valence-electron chi connectivity index (χ4n) is 2.41. The Morgan fingerprint density at radius 1 is 1.19 bits per heavy atom. The van der Waals surface area contributed by atoms with Crippen LogP contribution in [-0.2, 0) is 6.54 Å². The number of guanidine groups is 1. The van der Waals surface area contributed by atoms with Crippen LogP contribution in [0.3, 0.4) is 0 Å². The minimum Gasteiger partial charge on any atom is -0.495 e. The summed E-state index contributed by atoms with van der Waals surface area (Å²) in [6.45, 7) is 1.76. The van der Waals surface area contributed by atoms with Gasteiger partial charge < -0.3 is 26.0 Å². The van der Waals surface area contributed by atoms with Crippen LogP contribution in [0.4, 0.5) is 5.69 Å². The number of para-hydroxylation sites is 2. The lowest BCUT2D eigenvalue weighted by Crippen LogP contribution is -2.31. The molecule has 0 bridgehead atoms. The maximum atomic E-state index is 12.2. The normalized spacial score (nSPS) is 11.3. The predicted octanol–water partition coefficient (Wildman–Crippen LogP) is 1.91. The highest BCUT2D eigenvalue weighted by Crippen LogP contribution is 2.22. The zero-order chi connectivity index (χ0) is 19.6. The zero-order valence-electron chi connectivity index (χ0n) is 16.0. The number of amides is 1. The van der Waals surface area contributed by atoms with Gasteiger partial charge in [0.1, 0.15) is 5.75 Å². The van der Waals surface area contributed by atoms with E-state index in [1.165, 1.54) is 0 Å². The van der Waals surface area contributed by atoms with E-state index in [4.69, 9.17) is 10.5 Å². The average molecular weight is 369 g/mol. The molecule has 7 nitrogen and oxygen atoms in total. The summed E-state index contributed by atoms with van der Waals surface area (Å²) >= 11 is 0. The second-order valence-corrected chi connectivity index (χ2v) is 6.29. The summed E-state index contributed by atoms with van der Waals surface area (Å²) in [5.74, 6) is 0.871. The number of hydrogen-bond donors (Lipinski definition) is 3. The molecule has 27 heavy (non-hydrogen) atoms. The zero-order valence-corrected chi connectivity index (χ0v) is 16.0. The topological polar surface area (TPSA) is 92.0 Å². The van der Waals surface area contributed by atoms with Crippen molar-refractivity contribution >= 4 is 17.6 Å². The fraction of sp³-hybridized carbons (Fsp3) is 0.300. The van der Waals surface area contributed by atoms with Crippen LogP contribution in [0.5, 0.6) is 5.75 Å². The molecule has 1 amide bonds. The van der Waals surface area contributed by atoms with Crippen LogP contribution in [0.25, 0.3) is 0 Å². The second kappa shape index (κ2) is 10.2. The molecule has 144 valence electrons. The molecule has 0 heterocycles. The number of nitrogens with one attached hydrogen (secondary N) is 2. The Bertz CT molecular complexity index is 789. The van der Waals surface area contributed by atoms with Crippen molar-refractivity contribution in [2.75, 3.05) is 39.6 Å². The molecule has 0 aliphatic carbocycles. The Balaban J connectivity index is 1.96. The van der Waals surface area contributed by atoms with E-state index < -0.39 is 0 Å². The Hall–Kier alpha value is -3.06. The molecule has 0 unspecified atom stereocenters. The van der Waals surface area contributed by atoms with Crippen LogP contribution in [0, 0.1) is 0 Å². The summed E-state index contributed by atoms with van der Waals surface area (Å²) in [4.78, 5) is 18.6. The highest BCUT2D eigenvalue weighted by molar-refractivity contribution is 5.95. The highest BCUT2D eigenvalue weighted by Gasteiger charge is 2.06. The largest absolute Gasteiger partial charge is 0.495 e. The van der Waals surface area contributed by atoms with Gasteiger partial charge >= 0.3 is 0 Å². The minimum atomic E-state index is -0.0946. The first-order chi connectivity index (χ1) is 13.0. The molecular weight excluding hydrogens is 342 g/mol. The number of benzene rings is 2. The van der Waals surface area contributed by atoms with Crippen molar-refractivity contribution in [2.24, 2.45) is 10.7 Å². The van der Waals surface area contributed by atoms with E-state index in [0.717, 1.165) is 17.8 Å². The van der Waals surface area contributed by atoms with Crippen LogP contribution >= 0.6 is 0 Å². The van der Waals surface area contributed by atoms with E-state index in [1.54, 1.807) is 13.2 Å². The molecule has 0 atom stereocenters. The Labute approximate surface area is 160 Å². The van der Waals surface area contributed by atoms with Crippen LogP contribution < -0.4 is 21.1 Å². The first kappa shape index (κ1) is 20.3. The quantitative estimate of drug-likeness (QED) is 0.488. The molecule has 0 saturated heterocycles. The van der Waals surface area contributed by atoms with Crippen molar-refractivity contribution in [2.45, 2.75) is 6.54 Å². The third-order valence-corrected chi connectivity index (χ3v) is 3.84. The number of likely N-dealkylation sites (N-methyl/N-ethyl adjacent to an activating group) is 1. The number of nitrogens with zero attached hydrogens (tertiary/aromatic N) is 2. The summed E-state index contributed by atoms with van der Waals surface area (Å²) in [5, 5.41) is 5.93. The Kier molecular flexibility index (Phi) is 7.63. The van der Waals surface area contributed by atoms with E-state index >= 15 is 0 Å². The number of methoxy groups -OCH3 is 1. The minimum absolute atomic E-state index is 0.0946. The number of hydrogen-bond acceptors (Lipinski definition) is 4. The maximum Gasteiger partial charge on any atom is 0.251 e. The molecule has 2 aromatic rings. The smallest absolute Gasteiger partial charge is 0.251 e. The molecule has 0 aromatic heterocycles. The van der Waals surface area contributed by atoms with Crippen molar-refractivity contribution in [3.63, 3.8) is 0 Å². The molecule has 0 fully saturated rings. The first-order valence-electron chi connectivity index (χ1n) is 8.71. The molecule has 2 rings (SSSR count). The number of ether oxygens (including phenoxy) is 1. The monoisotopic (exact) mass is 369 g/mol. The van der Waals surface area contributed by atoms with Crippen LogP contribution in [-0.4, -0.2) is 51.1 Å². The lowest BCUT2D eigenvalue weighted by molar-refractivity contribution is 0.0951. The lowest BCUT2D eigenvalue weighted by Gasteiger charge is -2.11. The molecular formula is C20H27N5O2. The van der Waals surface area contributed by atoms with E-state index in [0.29, 0.717) is 24.4 Å². The number of carbonyl (C=O) groups excluding carboxylic acids is 1. The van der Waals surface area contributed by atoms with Crippen LogP contribution in [0.2, 0.25) is 0 Å². The molecule has 0 spiro atoms. The van der Waals surface area contributed by atoms with Gasteiger partial charge in [-0.05, 0) is 43.9 Å². The SMILES string of the molecule is COc1ccccc1NC(N)=NCc1cccc(C(=O)NCCN(C)C)c1. The van der Waals surface area contributed by atoms with Gasteiger partial charge in [0.15, 0.2) is 5.96 Å². The highest BCUT2D eigenvalue weighted by atomic mass is 16.5. The van der Waals surface area contributed by atoms with E-state index in [2.05, 4.69) is 15.6 Å². The van der Waals surface area contributed by atoms with Gasteiger partial charge in [0, 0.05) is 18.7 Å². The summed E-state index contributed by atoms with van der Waals surface area (Å²) < 4.78 is 5.28. The lowest BCUT2D eigenvalue weighted by atomic mass is 10.1. The Morgan fingerprint density at radius 3 is 2.70 bits per heavy atom. The van der Waals surface area contributed by atoms with Gasteiger partial charge in [0.05, 0.1) is 19.3 Å². The van der Waals surface area contributed by atoms with Gasteiger partial charge in [-0.2, -0.15) is 0 Å². The van der Waals surface area contributed by atoms with Crippen LogP contribution in [0.1, 0.15) is 15.9 Å². The first-order valence-corrected chi connectivity index (χ1v) is 8.71. The van der Waals surface area contributed by atoms with Crippen molar-refractivity contribution in [1.82, 2.24) is 10.2 Å². The van der Waals surface area contributed by atoms with Crippen LogP contribution in [0.15, 0.2) is 53.5 Å². The molecule has 0 aliphatic heterocycles. The van der Waals surface area contributed by atoms with Gasteiger partial charge in [-0.25, -0.2) is 4.99 Å². The summed E-state index contributed by atoms with van der Waals surface area (Å²) in [7, 11) is 5.53. The number of rotatable bonds is 8. The van der Waals surface area contributed by atoms with Crippen molar-refractivity contribution in [3.8, 4) is 5.75 Å². The van der Waals surface area contributed by atoms with Gasteiger partial charge in [0.2, 0.25) is 0 Å².